The highest BCUT2D eigenvalue weighted by Gasteiger charge is 2.29. The van der Waals surface area contributed by atoms with E-state index >= 15 is 0 Å². The van der Waals surface area contributed by atoms with Crippen LogP contribution >= 0.6 is 11.8 Å². The second-order valence-corrected chi connectivity index (χ2v) is 7.82. The van der Waals surface area contributed by atoms with Crippen molar-refractivity contribution in [3.05, 3.63) is 0 Å². The van der Waals surface area contributed by atoms with Crippen LogP contribution in [0.15, 0.2) is 4.99 Å². The summed E-state index contributed by atoms with van der Waals surface area (Å²) in [7, 11) is 0. The van der Waals surface area contributed by atoms with E-state index < -0.39 is 0 Å². The quantitative estimate of drug-likeness (QED) is 0.839. The summed E-state index contributed by atoms with van der Waals surface area (Å²) in [5, 5.41) is 5.64. The molecule has 1 fully saturated rings. The van der Waals surface area contributed by atoms with Crippen molar-refractivity contribution in [2.75, 3.05) is 6.54 Å². The summed E-state index contributed by atoms with van der Waals surface area (Å²) >= 11 is 1.97. The molecule has 0 bridgehead atoms. The molecule has 3 heteroatoms. The zero-order valence-corrected chi connectivity index (χ0v) is 13.1. The van der Waals surface area contributed by atoms with Gasteiger partial charge < -0.3 is 5.32 Å². The Morgan fingerprint density at radius 3 is 2.83 bits per heavy atom. The lowest BCUT2D eigenvalue weighted by molar-refractivity contribution is 0.225. The zero-order chi connectivity index (χ0) is 13.1. The number of thioether (sulfide) groups is 1. The molecule has 0 spiro atoms. The summed E-state index contributed by atoms with van der Waals surface area (Å²) in [6, 6.07) is 0.651. The summed E-state index contributed by atoms with van der Waals surface area (Å²) in [4.78, 5) is 4.69. The van der Waals surface area contributed by atoms with Gasteiger partial charge in [-0.15, -0.1) is 0 Å². The maximum absolute atomic E-state index is 4.69. The van der Waals surface area contributed by atoms with Crippen molar-refractivity contribution < 1.29 is 0 Å². The van der Waals surface area contributed by atoms with Crippen LogP contribution in [0.3, 0.4) is 0 Å². The maximum atomic E-state index is 4.69. The van der Waals surface area contributed by atoms with E-state index in [1.165, 1.54) is 30.9 Å². The summed E-state index contributed by atoms with van der Waals surface area (Å²) in [6.07, 6.45) is 5.38. The van der Waals surface area contributed by atoms with E-state index in [9.17, 15) is 0 Å². The Morgan fingerprint density at radius 2 is 2.11 bits per heavy atom. The second-order valence-electron chi connectivity index (χ2n) is 6.53. The lowest BCUT2D eigenvalue weighted by atomic mass is 9.78. The van der Waals surface area contributed by atoms with Gasteiger partial charge in [0.1, 0.15) is 0 Å². The molecule has 1 heterocycles. The molecule has 0 amide bonds. The zero-order valence-electron chi connectivity index (χ0n) is 12.3. The molecule has 4 atom stereocenters. The highest BCUT2D eigenvalue weighted by molar-refractivity contribution is 8.14. The van der Waals surface area contributed by atoms with Gasteiger partial charge in [0, 0.05) is 11.3 Å². The van der Waals surface area contributed by atoms with Gasteiger partial charge in [-0.25, -0.2) is 0 Å². The van der Waals surface area contributed by atoms with Gasteiger partial charge in [-0.3, -0.25) is 4.99 Å². The number of hydrogen-bond acceptors (Lipinski definition) is 3. The van der Waals surface area contributed by atoms with E-state index in [2.05, 4.69) is 33.0 Å². The second kappa shape index (κ2) is 6.31. The first-order valence-electron chi connectivity index (χ1n) is 7.54. The van der Waals surface area contributed by atoms with Crippen LogP contribution in [0.25, 0.3) is 0 Å². The average Bonchev–Trinajstić information content (AvgIpc) is 2.71. The molecular formula is C15H28N2S. The summed E-state index contributed by atoms with van der Waals surface area (Å²) in [6.45, 7) is 10.4. The number of rotatable bonds is 3. The highest BCUT2D eigenvalue weighted by Crippen LogP contribution is 2.31. The van der Waals surface area contributed by atoms with Crippen LogP contribution in [-0.2, 0) is 0 Å². The van der Waals surface area contributed by atoms with Crippen molar-refractivity contribution in [1.29, 1.82) is 0 Å². The number of nitrogens with one attached hydrogen (secondary N) is 1. The van der Waals surface area contributed by atoms with E-state index in [0.29, 0.717) is 11.3 Å². The first kappa shape index (κ1) is 14.2. The topological polar surface area (TPSA) is 24.4 Å². The fraction of sp³-hybridized carbons (Fsp3) is 0.933. The fourth-order valence-corrected chi connectivity index (χ4v) is 4.40. The Balaban J connectivity index is 1.80. The highest BCUT2D eigenvalue weighted by atomic mass is 32.2. The molecule has 0 saturated heterocycles. The normalized spacial score (nSPS) is 36.8. The van der Waals surface area contributed by atoms with E-state index in [4.69, 9.17) is 4.99 Å². The third-order valence-electron chi connectivity index (χ3n) is 4.47. The van der Waals surface area contributed by atoms with Crippen molar-refractivity contribution in [1.82, 2.24) is 5.32 Å². The Morgan fingerprint density at radius 1 is 1.33 bits per heavy atom. The Kier molecular flexibility index (Phi) is 4.99. The van der Waals surface area contributed by atoms with Crippen LogP contribution in [0.1, 0.15) is 53.4 Å². The first-order chi connectivity index (χ1) is 8.56. The Bertz CT molecular complexity index is 301. The molecule has 1 aliphatic carbocycles. The SMILES string of the molecule is CC(C)CC1CN=C(NC2CCCC(C)C2C)S1. The molecule has 1 saturated carbocycles. The summed E-state index contributed by atoms with van der Waals surface area (Å²) < 4.78 is 0. The van der Waals surface area contributed by atoms with Crippen molar-refractivity contribution >= 4 is 16.9 Å². The molecule has 0 aromatic rings. The number of amidine groups is 1. The lowest BCUT2D eigenvalue weighted by Crippen LogP contribution is -2.42. The molecule has 0 radical (unpaired) electrons. The van der Waals surface area contributed by atoms with Crippen molar-refractivity contribution in [3.63, 3.8) is 0 Å². The van der Waals surface area contributed by atoms with Gasteiger partial charge in [0.25, 0.3) is 0 Å². The molecular weight excluding hydrogens is 240 g/mol. The van der Waals surface area contributed by atoms with Crippen LogP contribution in [-0.4, -0.2) is 23.0 Å². The standard InChI is InChI=1S/C15H28N2S/c1-10(2)8-13-9-16-15(18-13)17-14-7-5-6-11(3)12(14)4/h10-14H,5-9H2,1-4H3,(H,16,17). The molecule has 2 nitrogen and oxygen atoms in total. The van der Waals surface area contributed by atoms with Crippen LogP contribution in [0.2, 0.25) is 0 Å². The van der Waals surface area contributed by atoms with Crippen LogP contribution in [0.4, 0.5) is 0 Å². The maximum Gasteiger partial charge on any atom is 0.157 e. The van der Waals surface area contributed by atoms with E-state index in [-0.39, 0.29) is 0 Å². The Labute approximate surface area is 116 Å². The van der Waals surface area contributed by atoms with Crippen molar-refractivity contribution in [3.8, 4) is 0 Å². The summed E-state index contributed by atoms with van der Waals surface area (Å²) in [5.74, 6) is 2.42. The van der Waals surface area contributed by atoms with Gasteiger partial charge in [0.2, 0.25) is 0 Å². The predicted octanol–water partition coefficient (Wildman–Crippen LogP) is 3.92. The van der Waals surface area contributed by atoms with Gasteiger partial charge in [-0.1, -0.05) is 52.3 Å². The number of nitrogens with zero attached hydrogens (tertiary/aromatic N) is 1. The van der Waals surface area contributed by atoms with E-state index in [1.807, 2.05) is 11.8 Å². The fourth-order valence-electron chi connectivity index (χ4n) is 3.09. The molecule has 104 valence electrons. The van der Waals surface area contributed by atoms with Crippen molar-refractivity contribution in [2.24, 2.45) is 22.7 Å². The largest absolute Gasteiger partial charge is 0.362 e. The molecule has 4 unspecified atom stereocenters. The lowest BCUT2D eigenvalue weighted by Gasteiger charge is -2.35. The predicted molar refractivity (Wildman–Crippen MR) is 82.2 cm³/mol. The van der Waals surface area contributed by atoms with E-state index in [1.54, 1.807) is 0 Å². The van der Waals surface area contributed by atoms with E-state index in [0.717, 1.165) is 24.3 Å². The summed E-state index contributed by atoms with van der Waals surface area (Å²) in [5.41, 5.74) is 0. The molecule has 1 aliphatic heterocycles. The van der Waals surface area contributed by atoms with Crippen LogP contribution in [0.5, 0.6) is 0 Å². The van der Waals surface area contributed by atoms with Crippen LogP contribution in [0, 0.1) is 17.8 Å². The van der Waals surface area contributed by atoms with Gasteiger partial charge in [-0.05, 0) is 30.6 Å². The number of aliphatic imine (C=N–C) groups is 1. The third-order valence-corrected chi connectivity index (χ3v) is 5.61. The molecule has 2 aliphatic rings. The molecule has 1 N–H and O–H groups in total. The minimum Gasteiger partial charge on any atom is -0.362 e. The smallest absolute Gasteiger partial charge is 0.157 e. The molecule has 2 rings (SSSR count). The average molecular weight is 268 g/mol. The number of hydrogen-bond donors (Lipinski definition) is 1. The minimum atomic E-state index is 0.651. The van der Waals surface area contributed by atoms with Crippen LogP contribution < -0.4 is 5.32 Å². The molecule has 0 aromatic carbocycles. The van der Waals surface area contributed by atoms with Gasteiger partial charge >= 0.3 is 0 Å². The van der Waals surface area contributed by atoms with Gasteiger partial charge in [0.05, 0.1) is 6.54 Å². The Hall–Kier alpha value is -0.180. The molecule has 0 aromatic heterocycles. The first-order valence-corrected chi connectivity index (χ1v) is 8.42. The minimum absolute atomic E-state index is 0.651. The monoisotopic (exact) mass is 268 g/mol. The molecule has 18 heavy (non-hydrogen) atoms. The third kappa shape index (κ3) is 3.66. The van der Waals surface area contributed by atoms with Crippen molar-refractivity contribution in [2.45, 2.75) is 64.7 Å². The van der Waals surface area contributed by atoms with Gasteiger partial charge in [0.15, 0.2) is 5.17 Å². The van der Waals surface area contributed by atoms with Gasteiger partial charge in [-0.2, -0.15) is 0 Å².